The molecule has 0 fully saturated rings. The summed E-state index contributed by atoms with van der Waals surface area (Å²) in [5.74, 6) is -0.233. The van der Waals surface area contributed by atoms with Gasteiger partial charge in [0.1, 0.15) is 0 Å². The van der Waals surface area contributed by atoms with E-state index in [4.69, 9.17) is 11.6 Å². The first-order valence-electron chi connectivity index (χ1n) is 5.50. The molecule has 0 radical (unpaired) electrons. The number of nitrogens with zero attached hydrogens (tertiary/aromatic N) is 1. The van der Waals surface area contributed by atoms with Crippen molar-refractivity contribution >= 4 is 46.3 Å². The Hall–Kier alpha value is -1.40. The van der Waals surface area contributed by atoms with E-state index in [0.29, 0.717) is 10.6 Å². The Morgan fingerprint density at radius 2 is 2.00 bits per heavy atom. The van der Waals surface area contributed by atoms with Gasteiger partial charge in [0.2, 0.25) is 0 Å². The minimum Gasteiger partial charge on any atom is -0.267 e. The summed E-state index contributed by atoms with van der Waals surface area (Å²) in [5, 5.41) is 4.55. The zero-order chi connectivity index (χ0) is 13.7. The molecule has 1 N–H and O–H groups in total. The van der Waals surface area contributed by atoms with E-state index in [1.807, 2.05) is 30.3 Å². The monoisotopic (exact) mass is 384 g/mol. The minimum atomic E-state index is -0.233. The van der Waals surface area contributed by atoms with E-state index in [0.717, 1.165) is 9.13 Å². The van der Waals surface area contributed by atoms with Crippen LogP contribution in [0.15, 0.2) is 53.6 Å². The van der Waals surface area contributed by atoms with E-state index in [-0.39, 0.29) is 5.91 Å². The van der Waals surface area contributed by atoms with Gasteiger partial charge < -0.3 is 0 Å². The summed E-state index contributed by atoms with van der Waals surface area (Å²) in [6, 6.07) is 14.6. The van der Waals surface area contributed by atoms with E-state index >= 15 is 0 Å². The van der Waals surface area contributed by atoms with Crippen LogP contribution in [0.5, 0.6) is 0 Å². The largest absolute Gasteiger partial charge is 0.272 e. The molecule has 2 aromatic carbocycles. The highest BCUT2D eigenvalue weighted by molar-refractivity contribution is 14.1. The topological polar surface area (TPSA) is 41.5 Å². The van der Waals surface area contributed by atoms with Crippen LogP contribution in [-0.4, -0.2) is 12.1 Å². The molecule has 2 rings (SSSR count). The van der Waals surface area contributed by atoms with Crippen LogP contribution in [0.1, 0.15) is 15.9 Å². The lowest BCUT2D eigenvalue weighted by Gasteiger charge is -2.01. The van der Waals surface area contributed by atoms with Crippen molar-refractivity contribution in [1.82, 2.24) is 5.43 Å². The molecule has 0 aliphatic heterocycles. The molecule has 0 atom stereocenters. The second-order valence-electron chi connectivity index (χ2n) is 3.73. The molecule has 0 spiro atoms. The van der Waals surface area contributed by atoms with E-state index < -0.39 is 0 Å². The van der Waals surface area contributed by atoms with Crippen molar-refractivity contribution in [3.05, 3.63) is 68.3 Å². The third-order valence-corrected chi connectivity index (χ3v) is 3.52. The first-order valence-corrected chi connectivity index (χ1v) is 6.96. The summed E-state index contributed by atoms with van der Waals surface area (Å²) < 4.78 is 0.885. The molecule has 0 aliphatic rings. The fourth-order valence-corrected chi connectivity index (χ4v) is 2.29. The molecular formula is C14H10ClIN2O. The number of hydrogen-bond donors (Lipinski definition) is 1. The molecule has 0 bridgehead atoms. The summed E-state index contributed by atoms with van der Waals surface area (Å²) in [6.45, 7) is 0. The minimum absolute atomic E-state index is 0.233. The number of carbonyl (C=O) groups excluding carboxylic acids is 1. The molecule has 0 heterocycles. The van der Waals surface area contributed by atoms with Crippen LogP contribution >= 0.6 is 34.2 Å². The number of nitrogens with one attached hydrogen (secondary N) is 1. The Kier molecular flexibility index (Phi) is 4.93. The number of amides is 1. The molecule has 0 aromatic heterocycles. The highest BCUT2D eigenvalue weighted by Crippen LogP contribution is 2.11. The van der Waals surface area contributed by atoms with E-state index in [1.54, 1.807) is 24.4 Å². The smallest absolute Gasteiger partial charge is 0.267 e. The van der Waals surface area contributed by atoms with Gasteiger partial charge in [-0.2, -0.15) is 5.10 Å². The van der Waals surface area contributed by atoms with Crippen LogP contribution < -0.4 is 5.43 Å². The third kappa shape index (κ3) is 4.04. The quantitative estimate of drug-likeness (QED) is 0.489. The first-order chi connectivity index (χ1) is 9.16. The van der Waals surface area contributed by atoms with Gasteiger partial charge in [-0.15, -0.1) is 0 Å². The molecule has 5 heteroatoms. The number of rotatable bonds is 3. The number of halogens is 2. The Labute approximate surface area is 129 Å². The maximum atomic E-state index is 11.9. The molecule has 19 heavy (non-hydrogen) atoms. The van der Waals surface area contributed by atoms with Crippen molar-refractivity contribution in [2.75, 3.05) is 0 Å². The highest BCUT2D eigenvalue weighted by atomic mass is 127. The summed E-state index contributed by atoms with van der Waals surface area (Å²) >= 11 is 7.97. The predicted molar refractivity (Wildman–Crippen MR) is 85.7 cm³/mol. The predicted octanol–water partition coefficient (Wildman–Crippen LogP) is 3.71. The molecular weight excluding hydrogens is 375 g/mol. The van der Waals surface area contributed by atoms with Gasteiger partial charge in [0.15, 0.2) is 0 Å². The van der Waals surface area contributed by atoms with Crippen molar-refractivity contribution in [1.29, 1.82) is 0 Å². The fraction of sp³-hybridized carbons (Fsp3) is 0. The molecule has 3 nitrogen and oxygen atoms in total. The van der Waals surface area contributed by atoms with Gasteiger partial charge in [-0.05, 0) is 52.4 Å². The van der Waals surface area contributed by atoms with Gasteiger partial charge >= 0.3 is 0 Å². The lowest BCUT2D eigenvalue weighted by atomic mass is 10.2. The second-order valence-corrected chi connectivity index (χ2v) is 5.33. The normalized spacial score (nSPS) is 10.6. The molecule has 0 saturated carbocycles. The second kappa shape index (κ2) is 6.68. The zero-order valence-corrected chi connectivity index (χ0v) is 12.7. The first kappa shape index (κ1) is 14.0. The highest BCUT2D eigenvalue weighted by Gasteiger charge is 2.07. The average molecular weight is 385 g/mol. The lowest BCUT2D eigenvalue weighted by Crippen LogP contribution is -2.18. The summed E-state index contributed by atoms with van der Waals surface area (Å²) in [5.41, 5.74) is 3.92. The molecule has 96 valence electrons. The maximum Gasteiger partial charge on any atom is 0.272 e. The Bertz CT molecular complexity index is 628. The van der Waals surface area contributed by atoms with Crippen molar-refractivity contribution in [2.24, 2.45) is 5.10 Å². The van der Waals surface area contributed by atoms with Gasteiger partial charge in [0, 0.05) is 8.59 Å². The Morgan fingerprint density at radius 3 is 2.74 bits per heavy atom. The number of hydrogen-bond acceptors (Lipinski definition) is 2. The molecule has 0 unspecified atom stereocenters. The molecule has 0 aliphatic carbocycles. The van der Waals surface area contributed by atoms with Crippen LogP contribution in [0.25, 0.3) is 0 Å². The van der Waals surface area contributed by atoms with Gasteiger partial charge in [-0.25, -0.2) is 5.43 Å². The Balaban J connectivity index is 2.03. The van der Waals surface area contributed by atoms with Gasteiger partial charge in [0.05, 0.1) is 11.8 Å². The third-order valence-electron chi connectivity index (χ3n) is 2.35. The van der Waals surface area contributed by atoms with Crippen molar-refractivity contribution in [2.45, 2.75) is 0 Å². The summed E-state index contributed by atoms with van der Waals surface area (Å²) in [6.07, 6.45) is 1.56. The van der Waals surface area contributed by atoms with Crippen LogP contribution in [0.3, 0.4) is 0 Å². The standard InChI is InChI=1S/C14H10ClIN2O/c15-11-5-3-4-10(8-11)9-17-18-14(19)12-6-1-2-7-13(12)16/h1-9H,(H,18,19)/b17-9+. The van der Waals surface area contributed by atoms with E-state index in [1.165, 1.54) is 0 Å². The maximum absolute atomic E-state index is 11.9. The van der Waals surface area contributed by atoms with Crippen molar-refractivity contribution < 1.29 is 4.79 Å². The van der Waals surface area contributed by atoms with Crippen molar-refractivity contribution in [3.8, 4) is 0 Å². The van der Waals surface area contributed by atoms with Crippen LogP contribution in [0.2, 0.25) is 5.02 Å². The number of carbonyl (C=O) groups is 1. The van der Waals surface area contributed by atoms with E-state index in [2.05, 4.69) is 33.1 Å². The number of benzene rings is 2. The van der Waals surface area contributed by atoms with Gasteiger partial charge in [0.25, 0.3) is 5.91 Å². The van der Waals surface area contributed by atoms with E-state index in [9.17, 15) is 4.79 Å². The molecule has 2 aromatic rings. The molecule has 1 amide bonds. The number of hydrazone groups is 1. The van der Waals surface area contributed by atoms with Crippen LogP contribution in [0, 0.1) is 3.57 Å². The van der Waals surface area contributed by atoms with Crippen LogP contribution in [-0.2, 0) is 0 Å². The Morgan fingerprint density at radius 1 is 1.21 bits per heavy atom. The summed E-state index contributed by atoms with van der Waals surface area (Å²) in [4.78, 5) is 11.9. The van der Waals surface area contributed by atoms with Crippen LogP contribution in [0.4, 0.5) is 0 Å². The summed E-state index contributed by atoms with van der Waals surface area (Å²) in [7, 11) is 0. The molecule has 0 saturated heterocycles. The van der Waals surface area contributed by atoms with Gasteiger partial charge in [-0.3, -0.25) is 4.79 Å². The van der Waals surface area contributed by atoms with Crippen molar-refractivity contribution in [3.63, 3.8) is 0 Å². The fourth-order valence-electron chi connectivity index (χ4n) is 1.46. The lowest BCUT2D eigenvalue weighted by molar-refractivity contribution is 0.0954. The SMILES string of the molecule is O=C(N/N=C/c1cccc(Cl)c1)c1ccccc1I. The van der Waals surface area contributed by atoms with Gasteiger partial charge in [-0.1, -0.05) is 35.9 Å². The average Bonchev–Trinajstić information content (AvgIpc) is 2.39. The zero-order valence-electron chi connectivity index (χ0n) is 9.81.